The molecule has 1 saturated carbocycles. The molecular formula is C10H21N3O. The minimum atomic E-state index is 0.220. The van der Waals surface area contributed by atoms with E-state index in [2.05, 4.69) is 10.4 Å². The number of aliphatic imine (C=N–C) groups is 1. The van der Waals surface area contributed by atoms with Crippen LogP contribution in [0.2, 0.25) is 0 Å². The molecule has 0 atom stereocenters. The topological polar surface area (TPSA) is 59.6 Å². The zero-order chi connectivity index (χ0) is 10.4. The van der Waals surface area contributed by atoms with E-state index in [1.165, 1.54) is 25.7 Å². The predicted octanol–water partition coefficient (Wildman–Crippen LogP) is 1.22. The Bertz CT molecular complexity index is 186. The number of rotatable bonds is 4. The number of nitrogens with zero attached hydrogens (tertiary/aromatic N) is 1. The van der Waals surface area contributed by atoms with Gasteiger partial charge in [0, 0.05) is 0 Å². The molecule has 14 heavy (non-hydrogen) atoms. The fraction of sp³-hybridized carbons (Fsp3) is 0.900. The van der Waals surface area contributed by atoms with Crippen molar-refractivity contribution in [2.45, 2.75) is 51.7 Å². The summed E-state index contributed by atoms with van der Waals surface area (Å²) < 4.78 is 5.43. The van der Waals surface area contributed by atoms with E-state index < -0.39 is 0 Å². The van der Waals surface area contributed by atoms with Crippen molar-refractivity contribution in [1.29, 1.82) is 0 Å². The van der Waals surface area contributed by atoms with Crippen LogP contribution in [0.25, 0.3) is 0 Å². The molecule has 0 aromatic heterocycles. The minimum Gasteiger partial charge on any atom is -0.371 e. The van der Waals surface area contributed by atoms with Gasteiger partial charge in [0.1, 0.15) is 12.4 Å². The zero-order valence-corrected chi connectivity index (χ0v) is 9.12. The highest BCUT2D eigenvalue weighted by Crippen LogP contribution is 2.20. The summed E-state index contributed by atoms with van der Waals surface area (Å²) >= 11 is 0. The summed E-state index contributed by atoms with van der Waals surface area (Å²) in [6.07, 6.45) is 5.17. The van der Waals surface area contributed by atoms with Crippen LogP contribution in [0.1, 0.15) is 39.5 Å². The van der Waals surface area contributed by atoms with Crippen molar-refractivity contribution in [2.75, 3.05) is 6.61 Å². The van der Waals surface area contributed by atoms with Crippen molar-refractivity contribution in [3.63, 3.8) is 0 Å². The van der Waals surface area contributed by atoms with Gasteiger partial charge < -0.3 is 10.2 Å². The maximum Gasteiger partial charge on any atom is 0.137 e. The summed E-state index contributed by atoms with van der Waals surface area (Å²) in [7, 11) is 0. The molecule has 82 valence electrons. The fourth-order valence-electron chi connectivity index (χ4n) is 1.62. The summed E-state index contributed by atoms with van der Waals surface area (Å²) in [5.74, 6) is 6.15. The molecule has 0 unspecified atom stereocenters. The second-order valence-corrected chi connectivity index (χ2v) is 4.02. The molecule has 0 aromatic carbocycles. The molecule has 1 aliphatic rings. The molecule has 0 heterocycles. The molecule has 1 aliphatic carbocycles. The molecule has 0 amide bonds. The molecule has 0 spiro atoms. The van der Waals surface area contributed by atoms with Crippen LogP contribution in [-0.4, -0.2) is 24.6 Å². The molecule has 1 fully saturated rings. The molecule has 0 radical (unpaired) electrons. The van der Waals surface area contributed by atoms with Gasteiger partial charge in [-0.1, -0.05) is 12.8 Å². The van der Waals surface area contributed by atoms with Crippen LogP contribution in [0.5, 0.6) is 0 Å². The van der Waals surface area contributed by atoms with Gasteiger partial charge in [0.2, 0.25) is 0 Å². The van der Waals surface area contributed by atoms with E-state index in [9.17, 15) is 0 Å². The van der Waals surface area contributed by atoms with Crippen molar-refractivity contribution in [3.05, 3.63) is 0 Å². The lowest BCUT2D eigenvalue weighted by Crippen LogP contribution is -2.35. The van der Waals surface area contributed by atoms with Crippen molar-refractivity contribution in [3.8, 4) is 0 Å². The standard InChI is InChI=1S/C10H21N3O/c1-8(2)14-7-10(13-11)12-9-5-3-4-6-9/h8-9H,3-7,11H2,1-2H3,(H,12,13). The molecule has 4 nitrogen and oxygen atoms in total. The Kier molecular flexibility index (Phi) is 4.90. The van der Waals surface area contributed by atoms with Gasteiger partial charge in [-0.15, -0.1) is 0 Å². The summed E-state index contributed by atoms with van der Waals surface area (Å²) in [5, 5.41) is 0. The first-order chi connectivity index (χ1) is 6.72. The van der Waals surface area contributed by atoms with E-state index in [0.29, 0.717) is 12.6 Å². The van der Waals surface area contributed by atoms with E-state index >= 15 is 0 Å². The Hall–Kier alpha value is -0.610. The monoisotopic (exact) mass is 199 g/mol. The minimum absolute atomic E-state index is 0.220. The molecule has 0 bridgehead atoms. The molecule has 4 heteroatoms. The largest absolute Gasteiger partial charge is 0.371 e. The number of nitrogens with one attached hydrogen (secondary N) is 1. The van der Waals surface area contributed by atoms with Gasteiger partial charge in [-0.3, -0.25) is 4.99 Å². The van der Waals surface area contributed by atoms with Crippen LogP contribution in [0.15, 0.2) is 4.99 Å². The number of nitrogens with two attached hydrogens (primary N) is 1. The quantitative estimate of drug-likeness (QED) is 0.310. The van der Waals surface area contributed by atoms with Gasteiger partial charge in [0.05, 0.1) is 12.1 Å². The first-order valence-electron chi connectivity index (χ1n) is 5.37. The Morgan fingerprint density at radius 2 is 2.14 bits per heavy atom. The first kappa shape index (κ1) is 11.5. The summed E-state index contributed by atoms with van der Waals surface area (Å²) in [6, 6.07) is 0.455. The third-order valence-corrected chi connectivity index (χ3v) is 2.38. The van der Waals surface area contributed by atoms with E-state index in [0.717, 1.165) is 5.84 Å². The SMILES string of the molecule is CC(C)OCC(=NC1CCCC1)NN. The van der Waals surface area contributed by atoms with E-state index in [4.69, 9.17) is 10.6 Å². The van der Waals surface area contributed by atoms with Gasteiger partial charge in [0.15, 0.2) is 0 Å². The lowest BCUT2D eigenvalue weighted by Gasteiger charge is -2.11. The van der Waals surface area contributed by atoms with Crippen LogP contribution in [-0.2, 0) is 4.74 Å². The average Bonchev–Trinajstić information content (AvgIpc) is 2.64. The van der Waals surface area contributed by atoms with Gasteiger partial charge in [0.25, 0.3) is 0 Å². The third kappa shape index (κ3) is 4.07. The van der Waals surface area contributed by atoms with Crippen LogP contribution in [0.4, 0.5) is 0 Å². The maximum absolute atomic E-state index is 5.43. The second-order valence-electron chi connectivity index (χ2n) is 4.02. The lowest BCUT2D eigenvalue weighted by molar-refractivity contribution is 0.109. The van der Waals surface area contributed by atoms with Crippen molar-refractivity contribution < 1.29 is 4.74 Å². The Morgan fingerprint density at radius 1 is 1.50 bits per heavy atom. The smallest absolute Gasteiger partial charge is 0.137 e. The number of hydrogen-bond donors (Lipinski definition) is 2. The second kappa shape index (κ2) is 5.98. The normalized spacial score (nSPS) is 19.3. The average molecular weight is 199 g/mol. The van der Waals surface area contributed by atoms with Gasteiger partial charge in [-0.05, 0) is 26.7 Å². The number of hydrazine groups is 1. The van der Waals surface area contributed by atoms with Gasteiger partial charge >= 0.3 is 0 Å². The highest BCUT2D eigenvalue weighted by molar-refractivity contribution is 5.83. The molecular weight excluding hydrogens is 178 g/mol. The number of ether oxygens (including phenoxy) is 1. The number of amidine groups is 1. The number of hydrogen-bond acceptors (Lipinski definition) is 3. The maximum atomic E-state index is 5.43. The van der Waals surface area contributed by atoms with Crippen LogP contribution >= 0.6 is 0 Å². The molecule has 0 aliphatic heterocycles. The van der Waals surface area contributed by atoms with Crippen molar-refractivity contribution in [2.24, 2.45) is 10.8 Å². The Labute approximate surface area is 85.9 Å². The van der Waals surface area contributed by atoms with Gasteiger partial charge in [-0.25, -0.2) is 5.84 Å². The van der Waals surface area contributed by atoms with E-state index in [1.54, 1.807) is 0 Å². The Morgan fingerprint density at radius 3 is 2.64 bits per heavy atom. The van der Waals surface area contributed by atoms with Crippen molar-refractivity contribution >= 4 is 5.84 Å². The van der Waals surface area contributed by atoms with Crippen LogP contribution < -0.4 is 11.3 Å². The predicted molar refractivity (Wildman–Crippen MR) is 58.1 cm³/mol. The fourth-order valence-corrected chi connectivity index (χ4v) is 1.62. The molecule has 1 rings (SSSR count). The van der Waals surface area contributed by atoms with Gasteiger partial charge in [-0.2, -0.15) is 0 Å². The molecule has 0 aromatic rings. The zero-order valence-electron chi connectivity index (χ0n) is 9.12. The summed E-state index contributed by atoms with van der Waals surface area (Å²) in [5.41, 5.74) is 2.61. The van der Waals surface area contributed by atoms with E-state index in [1.807, 2.05) is 13.8 Å². The van der Waals surface area contributed by atoms with Crippen molar-refractivity contribution in [1.82, 2.24) is 5.43 Å². The summed E-state index contributed by atoms with van der Waals surface area (Å²) in [4.78, 5) is 4.52. The van der Waals surface area contributed by atoms with Crippen LogP contribution in [0, 0.1) is 0 Å². The molecule has 3 N–H and O–H groups in total. The molecule has 0 saturated heterocycles. The third-order valence-electron chi connectivity index (χ3n) is 2.38. The highest BCUT2D eigenvalue weighted by atomic mass is 16.5. The lowest BCUT2D eigenvalue weighted by atomic mass is 10.3. The Balaban J connectivity index is 2.35. The highest BCUT2D eigenvalue weighted by Gasteiger charge is 2.14. The first-order valence-corrected chi connectivity index (χ1v) is 5.37. The summed E-state index contributed by atoms with van der Waals surface area (Å²) in [6.45, 7) is 4.50. The van der Waals surface area contributed by atoms with Crippen LogP contribution in [0.3, 0.4) is 0 Å². The van der Waals surface area contributed by atoms with E-state index in [-0.39, 0.29) is 6.10 Å².